The van der Waals surface area contributed by atoms with Gasteiger partial charge in [-0.05, 0) is 43.9 Å². The molecule has 12 heteroatoms. The molecule has 0 saturated carbocycles. The van der Waals surface area contributed by atoms with Crippen molar-refractivity contribution in [2.45, 2.75) is 45.7 Å². The minimum absolute atomic E-state index is 0.0129. The van der Waals surface area contributed by atoms with E-state index in [1.807, 2.05) is 68.4 Å². The lowest BCUT2D eigenvalue weighted by molar-refractivity contribution is -0.144. The molecule has 3 aromatic rings. The van der Waals surface area contributed by atoms with Crippen molar-refractivity contribution >= 4 is 17.9 Å². The van der Waals surface area contributed by atoms with E-state index in [-0.39, 0.29) is 23.4 Å². The first-order valence-electron chi connectivity index (χ1n) is 13.5. The van der Waals surface area contributed by atoms with E-state index in [9.17, 15) is 14.4 Å². The number of ether oxygens (including phenoxy) is 2. The molecule has 0 saturated heterocycles. The average molecular weight is 581 g/mol. The maximum Gasteiger partial charge on any atom is 0.320 e. The number of nitrogens with two attached hydrogens (primary N) is 3. The van der Waals surface area contributed by atoms with E-state index in [2.05, 4.69) is 9.98 Å². The molecule has 0 bridgehead atoms. The molecular formula is C30H40N6O6. The van der Waals surface area contributed by atoms with Crippen LogP contribution in [0, 0.1) is 12.8 Å². The highest BCUT2D eigenvalue weighted by Crippen LogP contribution is 2.17. The van der Waals surface area contributed by atoms with Gasteiger partial charge in [0.05, 0.1) is 25.3 Å². The van der Waals surface area contributed by atoms with Gasteiger partial charge in [-0.25, -0.2) is 4.98 Å². The van der Waals surface area contributed by atoms with Gasteiger partial charge in [-0.3, -0.25) is 23.9 Å². The first kappa shape index (κ1) is 33.5. The molecule has 7 N–H and O–H groups in total. The van der Waals surface area contributed by atoms with Crippen LogP contribution in [0.4, 0.5) is 0 Å². The first-order chi connectivity index (χ1) is 20.0. The number of nitrogens with zero attached hydrogens (tertiary/aromatic N) is 3. The number of aliphatic carboxylic acids is 1. The third kappa shape index (κ3) is 11.4. The number of aliphatic imine (C=N–C) groups is 1. The van der Waals surface area contributed by atoms with Crippen LogP contribution in [-0.2, 0) is 27.3 Å². The van der Waals surface area contributed by atoms with Gasteiger partial charge in [-0.2, -0.15) is 0 Å². The molecule has 0 fully saturated rings. The summed E-state index contributed by atoms with van der Waals surface area (Å²) in [6, 6.07) is 18.0. The Hall–Kier alpha value is -4.71. The Morgan fingerprint density at radius 1 is 1.10 bits per heavy atom. The van der Waals surface area contributed by atoms with Gasteiger partial charge in [-0.1, -0.05) is 49.4 Å². The van der Waals surface area contributed by atoms with E-state index in [1.54, 1.807) is 10.6 Å². The van der Waals surface area contributed by atoms with E-state index in [1.165, 1.54) is 7.11 Å². The van der Waals surface area contributed by atoms with Crippen LogP contribution < -0.4 is 27.5 Å². The smallest absolute Gasteiger partial charge is 0.320 e. The number of guanidine groups is 1. The molecule has 2 unspecified atom stereocenters. The Morgan fingerprint density at radius 3 is 2.33 bits per heavy atom. The van der Waals surface area contributed by atoms with E-state index >= 15 is 0 Å². The number of benzene rings is 2. The molecule has 42 heavy (non-hydrogen) atoms. The SMILES string of the molecule is COC(=O)C(C)Cc1ccc(OCCn2c(C)nc(-c3ccccc3)cc2=O)cc1.NC(N)=NCCCC(N)C(=O)O. The Labute approximate surface area is 245 Å². The summed E-state index contributed by atoms with van der Waals surface area (Å²) in [4.78, 5) is 42.5. The van der Waals surface area contributed by atoms with Gasteiger partial charge in [0.25, 0.3) is 5.56 Å². The fourth-order valence-corrected chi connectivity index (χ4v) is 3.91. The zero-order valence-corrected chi connectivity index (χ0v) is 24.2. The zero-order valence-electron chi connectivity index (χ0n) is 24.2. The molecule has 0 spiro atoms. The van der Waals surface area contributed by atoms with Crippen LogP contribution in [0.3, 0.4) is 0 Å². The highest BCUT2D eigenvalue weighted by molar-refractivity contribution is 5.75. The fraction of sp³-hybridized carbons (Fsp3) is 0.367. The lowest BCUT2D eigenvalue weighted by Crippen LogP contribution is -2.30. The number of hydrogen-bond acceptors (Lipinski definition) is 8. The van der Waals surface area contributed by atoms with Crippen molar-refractivity contribution in [3.63, 3.8) is 0 Å². The van der Waals surface area contributed by atoms with Gasteiger partial charge in [0.15, 0.2) is 5.96 Å². The van der Waals surface area contributed by atoms with Crippen LogP contribution in [0.25, 0.3) is 11.3 Å². The lowest BCUT2D eigenvalue weighted by atomic mass is 10.0. The first-order valence-corrected chi connectivity index (χ1v) is 13.5. The second-order valence-electron chi connectivity index (χ2n) is 9.56. The molecule has 226 valence electrons. The summed E-state index contributed by atoms with van der Waals surface area (Å²) >= 11 is 0. The third-order valence-electron chi connectivity index (χ3n) is 6.21. The van der Waals surface area contributed by atoms with Gasteiger partial charge < -0.3 is 31.8 Å². The largest absolute Gasteiger partial charge is 0.492 e. The molecule has 0 radical (unpaired) electrons. The fourth-order valence-electron chi connectivity index (χ4n) is 3.91. The maximum atomic E-state index is 12.5. The molecule has 12 nitrogen and oxygen atoms in total. The van der Waals surface area contributed by atoms with E-state index in [4.69, 9.17) is 31.8 Å². The standard InChI is InChI=1S/C24H26N2O4.C6H14N4O2/c1-17(24(28)29-3)15-19-9-11-21(12-10-19)30-14-13-26-18(2)25-22(16-23(26)27)20-7-5-4-6-8-20;7-4(5(11)12)2-1-3-10-6(8)9/h4-12,16-17H,13-15H2,1-3H3;4H,1-3,7H2,(H,11,12)(H4,8,9,10). The van der Waals surface area contributed by atoms with Crippen LogP contribution in [0.2, 0.25) is 0 Å². The molecule has 3 rings (SSSR count). The number of carbonyl (C=O) groups is 2. The highest BCUT2D eigenvalue weighted by Gasteiger charge is 2.14. The van der Waals surface area contributed by atoms with E-state index in [0.29, 0.717) is 56.2 Å². The summed E-state index contributed by atoms with van der Waals surface area (Å²) < 4.78 is 12.2. The van der Waals surface area contributed by atoms with Gasteiger partial charge in [-0.15, -0.1) is 0 Å². The normalized spacial score (nSPS) is 11.8. The number of carboxylic acid groups (broad SMARTS) is 1. The number of carbonyl (C=O) groups excluding carboxylic acids is 1. The molecule has 2 atom stereocenters. The van der Waals surface area contributed by atoms with Crippen molar-refractivity contribution in [3.05, 3.63) is 82.4 Å². The number of rotatable bonds is 13. The van der Waals surface area contributed by atoms with Crippen molar-refractivity contribution < 1.29 is 24.2 Å². The molecule has 0 aliphatic rings. The molecule has 0 aliphatic carbocycles. The van der Waals surface area contributed by atoms with E-state index < -0.39 is 12.0 Å². The predicted octanol–water partition coefficient (Wildman–Crippen LogP) is 2.10. The second kappa shape index (κ2) is 17.2. The van der Waals surface area contributed by atoms with Crippen molar-refractivity contribution in [1.29, 1.82) is 0 Å². The molecule has 0 amide bonds. The lowest BCUT2D eigenvalue weighted by Gasteiger charge is -2.13. The number of aryl methyl sites for hydroxylation is 1. The summed E-state index contributed by atoms with van der Waals surface area (Å²) in [6.45, 7) is 4.85. The van der Waals surface area contributed by atoms with Crippen LogP contribution in [0.15, 0.2) is 70.5 Å². The monoisotopic (exact) mass is 580 g/mol. The van der Waals surface area contributed by atoms with Crippen LogP contribution >= 0.6 is 0 Å². The summed E-state index contributed by atoms with van der Waals surface area (Å²) in [5, 5.41) is 8.38. The van der Waals surface area contributed by atoms with Gasteiger partial charge in [0.1, 0.15) is 24.2 Å². The van der Waals surface area contributed by atoms with Gasteiger partial charge in [0, 0.05) is 18.2 Å². The van der Waals surface area contributed by atoms with Crippen LogP contribution in [0.5, 0.6) is 5.75 Å². The molecule has 1 aromatic heterocycles. The Kier molecular flexibility index (Phi) is 13.7. The minimum atomic E-state index is -1.00. The maximum absolute atomic E-state index is 12.5. The third-order valence-corrected chi connectivity index (χ3v) is 6.21. The second-order valence-corrected chi connectivity index (χ2v) is 9.56. The van der Waals surface area contributed by atoms with Gasteiger partial charge in [0.2, 0.25) is 0 Å². The van der Waals surface area contributed by atoms with E-state index in [0.717, 1.165) is 11.1 Å². The molecule has 2 aromatic carbocycles. The Bertz CT molecular complexity index is 1370. The summed E-state index contributed by atoms with van der Waals surface area (Å²) in [5.74, 6) is -0.0364. The quantitative estimate of drug-likeness (QED) is 0.100. The molecular weight excluding hydrogens is 540 g/mol. The summed E-state index contributed by atoms with van der Waals surface area (Å²) in [6.07, 6.45) is 1.57. The summed E-state index contributed by atoms with van der Waals surface area (Å²) in [7, 11) is 1.40. The van der Waals surface area contributed by atoms with Crippen molar-refractivity contribution in [1.82, 2.24) is 9.55 Å². The minimum Gasteiger partial charge on any atom is -0.492 e. The number of aromatic nitrogens is 2. The number of esters is 1. The van der Waals surface area contributed by atoms with Crippen molar-refractivity contribution in [2.75, 3.05) is 20.3 Å². The van der Waals surface area contributed by atoms with Gasteiger partial charge >= 0.3 is 11.9 Å². The number of hydrogen-bond donors (Lipinski definition) is 4. The van der Waals surface area contributed by atoms with Crippen molar-refractivity contribution in [3.8, 4) is 17.0 Å². The predicted molar refractivity (Wildman–Crippen MR) is 161 cm³/mol. The molecule has 1 heterocycles. The number of carboxylic acids is 1. The zero-order chi connectivity index (χ0) is 31.1. The molecule has 0 aliphatic heterocycles. The number of methoxy groups -OCH3 is 1. The Morgan fingerprint density at radius 2 is 1.76 bits per heavy atom. The average Bonchev–Trinajstić information content (AvgIpc) is 2.97. The topological polar surface area (TPSA) is 198 Å². The van der Waals surface area contributed by atoms with Crippen LogP contribution in [-0.4, -0.2) is 58.9 Å². The Balaban J connectivity index is 0.000000435. The highest BCUT2D eigenvalue weighted by atomic mass is 16.5. The van der Waals surface area contributed by atoms with Crippen LogP contribution in [0.1, 0.15) is 31.2 Å². The summed E-state index contributed by atoms with van der Waals surface area (Å²) in [5.41, 5.74) is 17.8. The van der Waals surface area contributed by atoms with Crippen molar-refractivity contribution in [2.24, 2.45) is 28.1 Å².